The van der Waals surface area contributed by atoms with E-state index in [1.807, 2.05) is 0 Å². The number of hydrogen-bond donors (Lipinski definition) is 2. The molecule has 0 radical (unpaired) electrons. The quantitative estimate of drug-likeness (QED) is 0.344. The molecule has 0 aliphatic rings. The Morgan fingerprint density at radius 1 is 0.828 bits per heavy atom. The van der Waals surface area contributed by atoms with Crippen molar-refractivity contribution in [3.63, 3.8) is 0 Å². The van der Waals surface area contributed by atoms with Gasteiger partial charge in [0, 0.05) is 20.4 Å². The van der Waals surface area contributed by atoms with Crippen LogP contribution in [0.3, 0.4) is 0 Å². The molecule has 0 fully saturated rings. The topological polar surface area (TPSA) is 121 Å². The molecule has 0 aliphatic heterocycles. The Hall–Kier alpha value is -2.49. The largest absolute Gasteiger partial charge is 0.592 e. The number of para-hydroxylation sites is 2. The molecular weight excluding hydrogens is 419 g/mol. The second kappa shape index (κ2) is 9.81. The van der Waals surface area contributed by atoms with Crippen LogP contribution in [0.25, 0.3) is 0 Å². The number of hydrogen-bond acceptors (Lipinski definition) is 9. The van der Waals surface area contributed by atoms with E-state index in [9.17, 15) is 19.4 Å². The summed E-state index contributed by atoms with van der Waals surface area (Å²) in [6.07, 6.45) is 0. The van der Waals surface area contributed by atoms with Crippen LogP contribution in [-0.2, 0) is 23.0 Å². The summed E-state index contributed by atoms with van der Waals surface area (Å²) < 4.78 is 27.6. The summed E-state index contributed by atoms with van der Waals surface area (Å²) in [5.74, 6) is -1.25. The SMILES string of the molecule is CC(=O)O[Si](C)(OC(C)=O)C(Oc1ccccc1)(Oc1ccccc1)OP(O)O. The van der Waals surface area contributed by atoms with Crippen molar-refractivity contribution < 1.29 is 42.2 Å². The zero-order chi connectivity index (χ0) is 21.5. The van der Waals surface area contributed by atoms with Crippen LogP contribution in [0, 0.1) is 0 Å². The van der Waals surface area contributed by atoms with E-state index >= 15 is 0 Å². The van der Waals surface area contributed by atoms with Gasteiger partial charge in [-0.05, 0) is 24.3 Å². The summed E-state index contributed by atoms with van der Waals surface area (Å²) in [5.41, 5.74) is -2.47. The summed E-state index contributed by atoms with van der Waals surface area (Å²) >= 11 is 0. The first-order valence-corrected chi connectivity index (χ1v) is 11.9. The van der Waals surface area contributed by atoms with Crippen molar-refractivity contribution >= 4 is 29.1 Å². The van der Waals surface area contributed by atoms with E-state index in [1.54, 1.807) is 60.7 Å². The van der Waals surface area contributed by atoms with Gasteiger partial charge in [0.05, 0.1) is 0 Å². The second-order valence-electron chi connectivity index (χ2n) is 5.86. The molecule has 11 heteroatoms. The molecule has 2 aromatic carbocycles. The fourth-order valence-corrected chi connectivity index (χ4v) is 5.61. The third-order valence-corrected chi connectivity index (χ3v) is 6.77. The monoisotopic (exact) mass is 440 g/mol. The highest BCUT2D eigenvalue weighted by Gasteiger charge is 2.69. The number of carbonyl (C=O) groups is 2. The molecule has 29 heavy (non-hydrogen) atoms. The van der Waals surface area contributed by atoms with E-state index in [2.05, 4.69) is 0 Å². The maximum absolute atomic E-state index is 11.8. The second-order valence-corrected chi connectivity index (χ2v) is 9.46. The smallest absolute Gasteiger partial charge is 0.479 e. The molecule has 0 atom stereocenters. The molecule has 0 saturated heterocycles. The summed E-state index contributed by atoms with van der Waals surface area (Å²) in [4.78, 5) is 42.9. The molecule has 0 spiro atoms. The van der Waals surface area contributed by atoms with Crippen molar-refractivity contribution in [3.8, 4) is 11.5 Å². The van der Waals surface area contributed by atoms with Crippen LogP contribution >= 0.6 is 8.60 Å². The highest BCUT2D eigenvalue weighted by atomic mass is 31.2. The summed E-state index contributed by atoms with van der Waals surface area (Å²) in [6, 6.07) is 16.2. The van der Waals surface area contributed by atoms with Gasteiger partial charge in [-0.2, -0.15) is 0 Å². The molecule has 0 bridgehead atoms. The summed E-state index contributed by atoms with van der Waals surface area (Å²) in [6.45, 7) is 3.48. The van der Waals surface area contributed by atoms with E-state index in [4.69, 9.17) is 22.8 Å². The van der Waals surface area contributed by atoms with Crippen molar-refractivity contribution in [2.75, 3.05) is 0 Å². The fraction of sp³-hybridized carbons (Fsp3) is 0.222. The summed E-state index contributed by atoms with van der Waals surface area (Å²) in [5, 5.41) is 0. The normalized spacial score (nSPS) is 11.7. The maximum Gasteiger partial charge on any atom is 0.592 e. The molecular formula is C18H21O9PSi. The lowest BCUT2D eigenvalue weighted by Crippen LogP contribution is -2.69. The van der Waals surface area contributed by atoms with Crippen LogP contribution in [0.5, 0.6) is 11.5 Å². The highest BCUT2D eigenvalue weighted by Crippen LogP contribution is 2.42. The molecule has 0 unspecified atom stereocenters. The van der Waals surface area contributed by atoms with Gasteiger partial charge in [-0.15, -0.1) is 0 Å². The molecule has 0 saturated carbocycles. The lowest BCUT2D eigenvalue weighted by Gasteiger charge is -2.40. The highest BCUT2D eigenvalue weighted by molar-refractivity contribution is 7.39. The van der Waals surface area contributed by atoms with Crippen LogP contribution in [0.4, 0.5) is 0 Å². The predicted octanol–water partition coefficient (Wildman–Crippen LogP) is 2.76. The van der Waals surface area contributed by atoms with E-state index in [0.29, 0.717) is 0 Å². The van der Waals surface area contributed by atoms with E-state index in [-0.39, 0.29) is 11.5 Å². The number of ether oxygens (including phenoxy) is 2. The number of carbonyl (C=O) groups excluding carboxylic acids is 2. The minimum Gasteiger partial charge on any atom is -0.479 e. The van der Waals surface area contributed by atoms with Crippen molar-refractivity contribution in [1.29, 1.82) is 0 Å². The third kappa shape index (κ3) is 6.25. The zero-order valence-corrected chi connectivity index (χ0v) is 17.9. The van der Waals surface area contributed by atoms with Gasteiger partial charge in [0.2, 0.25) is 0 Å². The Morgan fingerprint density at radius 3 is 1.52 bits per heavy atom. The van der Waals surface area contributed by atoms with Crippen LogP contribution in [0.2, 0.25) is 6.55 Å². The van der Waals surface area contributed by atoms with Crippen molar-refractivity contribution in [3.05, 3.63) is 60.7 Å². The molecule has 2 aromatic rings. The van der Waals surface area contributed by atoms with Crippen molar-refractivity contribution in [2.24, 2.45) is 0 Å². The van der Waals surface area contributed by atoms with E-state index in [1.165, 1.54) is 6.55 Å². The summed E-state index contributed by atoms with van der Waals surface area (Å²) in [7, 11) is -7.35. The molecule has 0 amide bonds. The van der Waals surface area contributed by atoms with Gasteiger partial charge in [0.15, 0.2) is 0 Å². The predicted molar refractivity (Wildman–Crippen MR) is 104 cm³/mol. The lowest BCUT2D eigenvalue weighted by atomic mass is 10.3. The first-order valence-electron chi connectivity index (χ1n) is 8.40. The Kier molecular flexibility index (Phi) is 7.71. The van der Waals surface area contributed by atoms with Gasteiger partial charge in [0.1, 0.15) is 11.5 Å². The van der Waals surface area contributed by atoms with E-state index < -0.39 is 34.7 Å². The van der Waals surface area contributed by atoms with Crippen LogP contribution in [0.15, 0.2) is 60.7 Å². The first-order chi connectivity index (χ1) is 13.7. The molecule has 0 aliphatic carbocycles. The molecule has 0 aromatic heterocycles. The van der Waals surface area contributed by atoms with Crippen LogP contribution < -0.4 is 9.47 Å². The zero-order valence-electron chi connectivity index (χ0n) is 16.0. The van der Waals surface area contributed by atoms with Crippen molar-refractivity contribution in [1.82, 2.24) is 0 Å². The molecule has 9 nitrogen and oxygen atoms in total. The lowest BCUT2D eigenvalue weighted by molar-refractivity contribution is -0.221. The van der Waals surface area contributed by atoms with E-state index in [0.717, 1.165) is 13.8 Å². The first kappa shape index (κ1) is 22.8. The molecule has 2 N–H and O–H groups in total. The fourth-order valence-electron chi connectivity index (χ4n) is 2.42. The minimum atomic E-state index is -4.25. The maximum atomic E-state index is 11.8. The van der Waals surface area contributed by atoms with Gasteiger partial charge in [0.25, 0.3) is 11.9 Å². The molecule has 2 rings (SSSR count). The van der Waals surface area contributed by atoms with Crippen LogP contribution in [-0.4, -0.2) is 35.9 Å². The third-order valence-electron chi connectivity index (χ3n) is 3.43. The number of benzene rings is 2. The standard InChI is InChI=1S/C18H21O9PSi/c1-14(19)25-29(3,26-15(2)20)18(27-28(21)22,23-16-10-6-4-7-11-16)24-17-12-8-5-9-13-17/h4-13,21-22H,1-3H3. The molecule has 156 valence electrons. The minimum absolute atomic E-state index is 0.179. The van der Waals surface area contributed by atoms with Gasteiger partial charge in [-0.25, -0.2) is 4.52 Å². The Balaban J connectivity index is 2.65. The Bertz CT molecular complexity index is 759. The average Bonchev–Trinajstić information content (AvgIpc) is 2.61. The Morgan fingerprint density at radius 2 is 1.21 bits per heavy atom. The molecule has 0 heterocycles. The van der Waals surface area contributed by atoms with Gasteiger partial charge in [-0.1, -0.05) is 36.4 Å². The van der Waals surface area contributed by atoms with Crippen LogP contribution in [0.1, 0.15) is 13.8 Å². The number of rotatable bonds is 9. The average molecular weight is 440 g/mol. The van der Waals surface area contributed by atoms with Gasteiger partial charge < -0.3 is 28.1 Å². The van der Waals surface area contributed by atoms with Gasteiger partial charge in [-0.3, -0.25) is 9.59 Å². The van der Waals surface area contributed by atoms with Gasteiger partial charge >= 0.3 is 22.8 Å². The van der Waals surface area contributed by atoms with Crippen molar-refractivity contribution in [2.45, 2.75) is 26.0 Å². The Labute approximate surface area is 170 Å².